The Labute approximate surface area is 108 Å². The second-order valence-electron chi connectivity index (χ2n) is 3.88. The average molecular weight is 263 g/mol. The molecule has 2 aromatic rings. The first-order valence-electron chi connectivity index (χ1n) is 5.47. The van der Waals surface area contributed by atoms with Crippen molar-refractivity contribution in [3.63, 3.8) is 0 Å². The number of ether oxygens (including phenoxy) is 1. The van der Waals surface area contributed by atoms with Gasteiger partial charge in [0.25, 0.3) is 0 Å². The maximum Gasteiger partial charge on any atom is 0.201 e. The monoisotopic (exact) mass is 263 g/mol. The zero-order valence-electron chi connectivity index (χ0n) is 10.1. The molecular weight excluding hydrogens is 252 g/mol. The van der Waals surface area contributed by atoms with Gasteiger partial charge in [-0.2, -0.15) is 0 Å². The van der Waals surface area contributed by atoms with Gasteiger partial charge in [0.1, 0.15) is 17.4 Å². The fourth-order valence-corrected chi connectivity index (χ4v) is 1.72. The van der Waals surface area contributed by atoms with Crippen LogP contribution < -0.4 is 10.5 Å². The molecule has 98 valence electrons. The summed E-state index contributed by atoms with van der Waals surface area (Å²) >= 11 is 0. The van der Waals surface area contributed by atoms with Crippen molar-refractivity contribution in [2.24, 2.45) is 0 Å². The molecule has 0 bridgehead atoms. The molecule has 19 heavy (non-hydrogen) atoms. The fourth-order valence-electron chi connectivity index (χ4n) is 1.72. The van der Waals surface area contributed by atoms with E-state index >= 15 is 0 Å². The first kappa shape index (κ1) is 13.0. The lowest BCUT2D eigenvalue weighted by atomic mass is 10.0. The van der Waals surface area contributed by atoms with E-state index in [2.05, 4.69) is 0 Å². The third-order valence-electron chi connectivity index (χ3n) is 2.68. The molecule has 0 aliphatic carbocycles. The highest BCUT2D eigenvalue weighted by molar-refractivity contribution is 6.12. The standard InChI is InChI=1S/C14H11F2NO2/c1-19-8-6-10(15)13(11(16)7-8)14(18)9-4-2-3-5-12(9)17/h2-7H,17H2,1H3. The average Bonchev–Trinajstić information content (AvgIpc) is 2.38. The number of rotatable bonds is 3. The maximum atomic E-state index is 13.8. The van der Waals surface area contributed by atoms with Crippen molar-refractivity contribution in [2.45, 2.75) is 0 Å². The number of nitrogen functional groups attached to an aromatic ring is 1. The Morgan fingerprint density at radius 3 is 2.26 bits per heavy atom. The van der Waals surface area contributed by atoms with Crippen LogP contribution in [0.3, 0.4) is 0 Å². The van der Waals surface area contributed by atoms with E-state index in [1.165, 1.54) is 19.2 Å². The third kappa shape index (κ3) is 2.40. The molecule has 0 radical (unpaired) electrons. The highest BCUT2D eigenvalue weighted by atomic mass is 19.1. The van der Waals surface area contributed by atoms with Gasteiger partial charge < -0.3 is 10.5 Å². The Kier molecular flexibility index (Phi) is 3.46. The predicted molar refractivity (Wildman–Crippen MR) is 67.2 cm³/mol. The van der Waals surface area contributed by atoms with Gasteiger partial charge in [0, 0.05) is 23.4 Å². The number of carbonyl (C=O) groups excluding carboxylic acids is 1. The highest BCUT2D eigenvalue weighted by Crippen LogP contribution is 2.24. The van der Waals surface area contributed by atoms with Crippen LogP contribution in [0.2, 0.25) is 0 Å². The predicted octanol–water partition coefficient (Wildman–Crippen LogP) is 2.79. The normalized spacial score (nSPS) is 10.3. The molecular formula is C14H11F2NO2. The van der Waals surface area contributed by atoms with E-state index in [0.29, 0.717) is 0 Å². The number of para-hydroxylation sites is 1. The van der Waals surface area contributed by atoms with E-state index in [1.807, 2.05) is 0 Å². The van der Waals surface area contributed by atoms with Crippen LogP contribution in [0.15, 0.2) is 36.4 Å². The number of anilines is 1. The molecule has 5 heteroatoms. The van der Waals surface area contributed by atoms with E-state index in [-0.39, 0.29) is 17.0 Å². The first-order valence-corrected chi connectivity index (χ1v) is 5.47. The van der Waals surface area contributed by atoms with Crippen LogP contribution in [0, 0.1) is 11.6 Å². The summed E-state index contributed by atoms with van der Waals surface area (Å²) in [6.45, 7) is 0. The summed E-state index contributed by atoms with van der Waals surface area (Å²) in [5.74, 6) is -2.75. The SMILES string of the molecule is COc1cc(F)c(C(=O)c2ccccc2N)c(F)c1. The number of carbonyl (C=O) groups is 1. The van der Waals surface area contributed by atoms with Crippen molar-refractivity contribution in [1.82, 2.24) is 0 Å². The Balaban J connectivity index is 2.54. The molecule has 0 fully saturated rings. The number of halogens is 2. The molecule has 0 aromatic heterocycles. The molecule has 0 atom stereocenters. The van der Waals surface area contributed by atoms with Crippen LogP contribution in [0.5, 0.6) is 5.75 Å². The summed E-state index contributed by atoms with van der Waals surface area (Å²) in [7, 11) is 1.28. The van der Waals surface area contributed by atoms with Gasteiger partial charge in [-0.1, -0.05) is 12.1 Å². The van der Waals surface area contributed by atoms with Gasteiger partial charge in [-0.15, -0.1) is 0 Å². The largest absolute Gasteiger partial charge is 0.497 e. The van der Waals surface area contributed by atoms with E-state index in [4.69, 9.17) is 10.5 Å². The van der Waals surface area contributed by atoms with Crippen molar-refractivity contribution in [3.8, 4) is 5.75 Å². The zero-order valence-corrected chi connectivity index (χ0v) is 10.1. The number of ketones is 1. The number of benzene rings is 2. The summed E-state index contributed by atoms with van der Waals surface area (Å²) in [5, 5.41) is 0. The lowest BCUT2D eigenvalue weighted by molar-refractivity contribution is 0.103. The Morgan fingerprint density at radius 2 is 1.74 bits per heavy atom. The van der Waals surface area contributed by atoms with E-state index in [0.717, 1.165) is 12.1 Å². The molecule has 0 saturated heterocycles. The number of hydrogen-bond acceptors (Lipinski definition) is 3. The van der Waals surface area contributed by atoms with E-state index in [1.54, 1.807) is 12.1 Å². The number of hydrogen-bond donors (Lipinski definition) is 1. The van der Waals surface area contributed by atoms with E-state index in [9.17, 15) is 13.6 Å². The topological polar surface area (TPSA) is 52.3 Å². The maximum absolute atomic E-state index is 13.8. The molecule has 2 aromatic carbocycles. The van der Waals surface area contributed by atoms with Crippen molar-refractivity contribution in [3.05, 3.63) is 59.2 Å². The highest BCUT2D eigenvalue weighted by Gasteiger charge is 2.21. The second-order valence-corrected chi connectivity index (χ2v) is 3.88. The summed E-state index contributed by atoms with van der Waals surface area (Å²) < 4.78 is 32.3. The first-order chi connectivity index (χ1) is 9.04. The van der Waals surface area contributed by atoms with Crippen LogP contribution in [0.4, 0.5) is 14.5 Å². The Bertz CT molecular complexity index is 618. The molecule has 0 aliphatic heterocycles. The van der Waals surface area contributed by atoms with Gasteiger partial charge in [-0.25, -0.2) is 8.78 Å². The molecule has 2 rings (SSSR count). The molecule has 2 N–H and O–H groups in total. The van der Waals surface area contributed by atoms with Crippen molar-refractivity contribution in [1.29, 1.82) is 0 Å². The van der Waals surface area contributed by atoms with Crippen LogP contribution in [-0.2, 0) is 0 Å². The summed E-state index contributed by atoms with van der Waals surface area (Å²) in [6.07, 6.45) is 0. The zero-order chi connectivity index (χ0) is 14.0. The van der Waals surface area contributed by atoms with Gasteiger partial charge in [-0.3, -0.25) is 4.79 Å². The van der Waals surface area contributed by atoms with Gasteiger partial charge in [0.15, 0.2) is 0 Å². The minimum absolute atomic E-state index is 0.00702. The fraction of sp³-hybridized carbons (Fsp3) is 0.0714. The molecule has 3 nitrogen and oxygen atoms in total. The molecule has 0 aliphatic rings. The minimum Gasteiger partial charge on any atom is -0.497 e. The van der Waals surface area contributed by atoms with Crippen molar-refractivity contribution < 1.29 is 18.3 Å². The molecule has 0 amide bonds. The Hall–Kier alpha value is -2.43. The summed E-state index contributed by atoms with van der Waals surface area (Å²) in [6, 6.07) is 8.02. The second kappa shape index (κ2) is 5.06. The third-order valence-corrected chi connectivity index (χ3v) is 2.68. The molecule has 0 spiro atoms. The number of methoxy groups -OCH3 is 1. The Morgan fingerprint density at radius 1 is 1.16 bits per heavy atom. The number of nitrogens with two attached hydrogens (primary N) is 1. The van der Waals surface area contributed by atoms with Crippen LogP contribution in [0.25, 0.3) is 0 Å². The van der Waals surface area contributed by atoms with Crippen LogP contribution >= 0.6 is 0 Å². The summed E-state index contributed by atoms with van der Waals surface area (Å²) in [5.41, 5.74) is 5.21. The lowest BCUT2D eigenvalue weighted by Crippen LogP contribution is -2.10. The lowest BCUT2D eigenvalue weighted by Gasteiger charge is -2.08. The summed E-state index contributed by atoms with van der Waals surface area (Å²) in [4.78, 5) is 12.1. The van der Waals surface area contributed by atoms with Gasteiger partial charge >= 0.3 is 0 Å². The van der Waals surface area contributed by atoms with Crippen molar-refractivity contribution >= 4 is 11.5 Å². The van der Waals surface area contributed by atoms with Gasteiger partial charge in [0.05, 0.1) is 12.7 Å². The van der Waals surface area contributed by atoms with E-state index < -0.39 is 23.0 Å². The van der Waals surface area contributed by atoms with Crippen LogP contribution in [-0.4, -0.2) is 12.9 Å². The minimum atomic E-state index is -0.981. The molecule has 0 saturated carbocycles. The van der Waals surface area contributed by atoms with Crippen LogP contribution in [0.1, 0.15) is 15.9 Å². The van der Waals surface area contributed by atoms with Gasteiger partial charge in [0.2, 0.25) is 5.78 Å². The van der Waals surface area contributed by atoms with Gasteiger partial charge in [-0.05, 0) is 12.1 Å². The molecule has 0 heterocycles. The van der Waals surface area contributed by atoms with Crippen molar-refractivity contribution in [2.75, 3.05) is 12.8 Å². The smallest absolute Gasteiger partial charge is 0.201 e. The molecule has 0 unspecified atom stereocenters. The quantitative estimate of drug-likeness (QED) is 0.684.